The molecule has 3 N–H and O–H groups in total. The molecule has 3 heterocycles. The number of fused-ring (bicyclic) bond motifs is 1. The van der Waals surface area contributed by atoms with E-state index in [4.69, 9.17) is 60.9 Å². The molecule has 0 radical (unpaired) electrons. The van der Waals surface area contributed by atoms with Crippen molar-refractivity contribution >= 4 is 43.5 Å². The van der Waals surface area contributed by atoms with Crippen molar-refractivity contribution in [3.63, 3.8) is 0 Å². The number of amides is 2. The second-order valence-electron chi connectivity index (χ2n) is 23.0. The molecule has 2 amide bonds. The quantitative estimate of drug-likeness (QED) is 0.0220. The number of benzene rings is 4. The molecule has 4 aromatic rings. The van der Waals surface area contributed by atoms with Gasteiger partial charge in [-0.3, -0.25) is 42.3 Å². The SMILES string of the molecule is CCC(=O)O[C@H](CC)CC(=O)NC1[C@H](OCC2OC(O)C(NC(=O)C[C@H](C)CC)[C@@H](OC(=O)C[C@@H](CC)OCc3ccccc3)[C@@H]2OCc2ccccc2)OC(COCc2ccccc2)[C@H](OP2(=O)OCc3ccccc3CO2)[C@@H]1OC(=O)C[C@@H](CC)OC(=O)CC. The highest BCUT2D eigenvalue weighted by atomic mass is 31.2. The summed E-state index contributed by atoms with van der Waals surface area (Å²) >= 11 is 0. The van der Waals surface area contributed by atoms with E-state index in [-0.39, 0.29) is 84.1 Å². The number of phosphoric acid groups is 1. The number of ether oxygens (including phenoxy) is 10. The van der Waals surface area contributed by atoms with Crippen LogP contribution < -0.4 is 10.6 Å². The van der Waals surface area contributed by atoms with Crippen molar-refractivity contribution in [1.82, 2.24) is 10.6 Å². The van der Waals surface area contributed by atoms with Gasteiger partial charge in [-0.25, -0.2) is 4.57 Å². The monoisotopic (exact) mass is 1300 g/mol. The minimum atomic E-state index is -4.71. The molecule has 7 rings (SSSR count). The summed E-state index contributed by atoms with van der Waals surface area (Å²) in [6, 6.07) is 31.8. The van der Waals surface area contributed by atoms with Crippen LogP contribution in [-0.2, 0) is 127 Å². The lowest BCUT2D eigenvalue weighted by Gasteiger charge is -2.47. The van der Waals surface area contributed by atoms with E-state index in [1.807, 2.05) is 112 Å². The Morgan fingerprint density at radius 3 is 1.54 bits per heavy atom. The topological polar surface area (TPSA) is 284 Å². The van der Waals surface area contributed by atoms with E-state index in [1.165, 1.54) is 0 Å². The van der Waals surface area contributed by atoms with Crippen molar-refractivity contribution in [2.45, 2.75) is 225 Å². The number of aliphatic hydroxyl groups is 1. The number of hydrogen-bond donors (Lipinski definition) is 3. The zero-order valence-corrected chi connectivity index (χ0v) is 54.5. The van der Waals surface area contributed by atoms with Crippen LogP contribution in [0.3, 0.4) is 0 Å². The van der Waals surface area contributed by atoms with Crippen LogP contribution in [0.1, 0.15) is 140 Å². The predicted molar refractivity (Wildman–Crippen MR) is 333 cm³/mol. The molecule has 2 fully saturated rings. The number of rotatable bonds is 35. The first-order chi connectivity index (χ1) is 44.4. The smallest absolute Gasteiger partial charge is 0.462 e. The fourth-order valence-corrected chi connectivity index (χ4v) is 11.8. The predicted octanol–water partition coefficient (Wildman–Crippen LogP) is 9.35. The number of carbonyl (C=O) groups is 6. The Morgan fingerprint density at radius 1 is 0.522 bits per heavy atom. The third kappa shape index (κ3) is 22.6. The van der Waals surface area contributed by atoms with Crippen molar-refractivity contribution in [3.8, 4) is 0 Å². The van der Waals surface area contributed by atoms with Crippen LogP contribution in [0.5, 0.6) is 0 Å². The molecule has 3 aliphatic heterocycles. The van der Waals surface area contributed by atoms with E-state index in [9.17, 15) is 33.9 Å². The summed E-state index contributed by atoms with van der Waals surface area (Å²) in [5, 5.41) is 17.9. The van der Waals surface area contributed by atoms with Gasteiger partial charge in [0, 0.05) is 19.3 Å². The van der Waals surface area contributed by atoms with Gasteiger partial charge in [-0.15, -0.1) is 0 Å². The lowest BCUT2D eigenvalue weighted by atomic mass is 9.94. The van der Waals surface area contributed by atoms with E-state index in [0.717, 1.165) is 11.1 Å². The molecule has 24 heteroatoms. The van der Waals surface area contributed by atoms with Crippen LogP contribution in [0.4, 0.5) is 0 Å². The first-order valence-electron chi connectivity index (χ1n) is 32.0. The standard InChI is InChI=1S/C68H91N2O21P/c1-8-44(7)33-55(71)69-61-65(89-59(75)35-50(9-2)80-38-46-27-19-15-20-28-46)63(81-39-47-29-21-16-22-30-47)54(87-67(61)77)43-82-68-62(70-56(72)34-51(10-3)85-57(73)12-5)66(90-60(76)36-52(11-4)86-58(74)13-6)64(53(88-68)42-79-37-45-25-17-14-18-26-45)91-92(78)83-40-48-31-23-24-32-49(48)41-84-92/h14-32,44,50-54,61-68,77H,8-13,33-43H2,1-7H3,(H,69,71)(H,70,72)/t44-,50-,51-,52-,53?,54?,61?,62?,63-,64+,65-,66-,67?,68-/m1/s1. The molecule has 0 bridgehead atoms. The van der Waals surface area contributed by atoms with E-state index < -0.39 is 143 Å². The van der Waals surface area contributed by atoms with Crippen LogP contribution in [-0.4, -0.2) is 134 Å². The van der Waals surface area contributed by atoms with Gasteiger partial charge in [0.1, 0.15) is 48.7 Å². The molecule has 5 unspecified atom stereocenters. The highest BCUT2D eigenvalue weighted by Gasteiger charge is 2.55. The molecule has 0 spiro atoms. The van der Waals surface area contributed by atoms with Gasteiger partial charge in [-0.1, -0.05) is 170 Å². The fraction of sp³-hybridized carbons (Fsp3) is 0.559. The number of hydrogen-bond acceptors (Lipinski definition) is 21. The van der Waals surface area contributed by atoms with Gasteiger partial charge in [0.15, 0.2) is 24.8 Å². The molecular formula is C68H91N2O21P. The molecule has 23 nitrogen and oxygen atoms in total. The normalized spacial score (nSPS) is 24.0. The Hall–Kier alpha value is -6.47. The average molecular weight is 1300 g/mol. The number of phosphoric ester groups is 1. The molecule has 0 aromatic heterocycles. The Bertz CT molecular complexity index is 2950. The molecule has 2 saturated heterocycles. The minimum Gasteiger partial charge on any atom is -0.462 e. The fourth-order valence-electron chi connectivity index (χ4n) is 10.5. The molecule has 4 aromatic carbocycles. The molecular weight excluding hydrogens is 1210 g/mol. The zero-order valence-electron chi connectivity index (χ0n) is 53.6. The van der Waals surface area contributed by atoms with Crippen LogP contribution >= 0.6 is 7.82 Å². The van der Waals surface area contributed by atoms with E-state index in [1.54, 1.807) is 52.0 Å². The van der Waals surface area contributed by atoms with Gasteiger partial charge in [0.2, 0.25) is 11.8 Å². The van der Waals surface area contributed by atoms with Crippen molar-refractivity contribution in [1.29, 1.82) is 0 Å². The molecule has 0 aliphatic carbocycles. The van der Waals surface area contributed by atoms with Crippen LogP contribution in [0.2, 0.25) is 0 Å². The summed E-state index contributed by atoms with van der Waals surface area (Å²) < 4.78 is 96.9. The number of aliphatic hydroxyl groups excluding tert-OH is 1. The molecule has 3 aliphatic rings. The summed E-state index contributed by atoms with van der Waals surface area (Å²) in [4.78, 5) is 82.9. The van der Waals surface area contributed by atoms with Crippen molar-refractivity contribution in [2.75, 3.05) is 13.2 Å². The number of carbonyl (C=O) groups excluding carboxylic acids is 6. The lowest BCUT2D eigenvalue weighted by Crippen LogP contribution is -2.68. The highest BCUT2D eigenvalue weighted by molar-refractivity contribution is 7.48. The Labute approximate surface area is 539 Å². The van der Waals surface area contributed by atoms with Gasteiger partial charge in [-0.2, -0.15) is 0 Å². The van der Waals surface area contributed by atoms with Crippen molar-refractivity contribution < 1.29 is 99.4 Å². The van der Waals surface area contributed by atoms with E-state index in [2.05, 4.69) is 10.6 Å². The lowest BCUT2D eigenvalue weighted by molar-refractivity contribution is -0.304. The average Bonchev–Trinajstić information content (AvgIpc) is 0.886. The van der Waals surface area contributed by atoms with Gasteiger partial charge in [0.25, 0.3) is 0 Å². The van der Waals surface area contributed by atoms with Gasteiger partial charge >= 0.3 is 31.7 Å². The third-order valence-corrected chi connectivity index (χ3v) is 17.4. The van der Waals surface area contributed by atoms with Crippen LogP contribution in [0.15, 0.2) is 115 Å². The second kappa shape index (κ2) is 37.4. The number of esters is 4. The van der Waals surface area contributed by atoms with Crippen molar-refractivity contribution in [3.05, 3.63) is 143 Å². The Kier molecular flexibility index (Phi) is 29.7. The van der Waals surface area contributed by atoms with Gasteiger partial charge in [0.05, 0.1) is 71.6 Å². The van der Waals surface area contributed by atoms with Crippen molar-refractivity contribution in [2.24, 2.45) is 5.92 Å². The van der Waals surface area contributed by atoms with Crippen LogP contribution in [0, 0.1) is 5.92 Å². The van der Waals surface area contributed by atoms with Gasteiger partial charge < -0.3 is 63.1 Å². The van der Waals surface area contributed by atoms with E-state index in [0.29, 0.717) is 29.5 Å². The molecule has 92 heavy (non-hydrogen) atoms. The molecule has 14 atom stereocenters. The molecule has 0 saturated carbocycles. The summed E-state index contributed by atoms with van der Waals surface area (Å²) in [5.74, 6) is -4.08. The highest BCUT2D eigenvalue weighted by Crippen LogP contribution is 2.55. The summed E-state index contributed by atoms with van der Waals surface area (Å²) in [7, 11) is -4.71. The first-order valence-corrected chi connectivity index (χ1v) is 33.4. The maximum atomic E-state index is 15.1. The third-order valence-electron chi connectivity index (χ3n) is 16.0. The maximum Gasteiger partial charge on any atom is 0.475 e. The zero-order chi connectivity index (χ0) is 66.0. The van der Waals surface area contributed by atoms with E-state index >= 15 is 4.57 Å². The summed E-state index contributed by atoms with van der Waals surface area (Å²) in [6.45, 7) is 11.1. The number of nitrogens with one attached hydrogen (secondary N) is 2. The van der Waals surface area contributed by atoms with Gasteiger partial charge in [-0.05, 0) is 53.0 Å². The maximum absolute atomic E-state index is 15.1. The Morgan fingerprint density at radius 2 is 1.00 bits per heavy atom. The first kappa shape index (κ1) is 72.9. The second-order valence-corrected chi connectivity index (χ2v) is 24.7. The summed E-state index contributed by atoms with van der Waals surface area (Å²) in [5.41, 5.74) is 3.67. The largest absolute Gasteiger partial charge is 0.475 e. The minimum absolute atomic E-state index is 0.0148. The molecule has 504 valence electrons. The summed E-state index contributed by atoms with van der Waals surface area (Å²) in [6.07, 6.45) is -14.6. The van der Waals surface area contributed by atoms with Crippen LogP contribution in [0.25, 0.3) is 0 Å². The Balaban J connectivity index is 1.30.